The van der Waals surface area contributed by atoms with E-state index in [1.54, 1.807) is 0 Å². The number of thioether (sulfide) groups is 1. The van der Waals surface area contributed by atoms with Crippen molar-refractivity contribution < 1.29 is 4.79 Å². The molecular weight excluding hydrogens is 220 g/mol. The van der Waals surface area contributed by atoms with Gasteiger partial charge in [0, 0.05) is 17.7 Å². The van der Waals surface area contributed by atoms with Crippen molar-refractivity contribution in [2.45, 2.75) is 50.3 Å². The number of amides is 1. The van der Waals surface area contributed by atoms with Gasteiger partial charge in [0.05, 0.1) is 0 Å². The Kier molecular flexibility index (Phi) is 6.21. The van der Waals surface area contributed by atoms with Crippen LogP contribution in [0.3, 0.4) is 0 Å². The van der Waals surface area contributed by atoms with Gasteiger partial charge in [-0.3, -0.25) is 4.79 Å². The molecule has 3 unspecified atom stereocenters. The first kappa shape index (κ1) is 13.8. The quantitative estimate of drug-likeness (QED) is 0.748. The third kappa shape index (κ3) is 4.34. The highest BCUT2D eigenvalue weighted by molar-refractivity contribution is 7.99. The van der Waals surface area contributed by atoms with E-state index in [2.05, 4.69) is 18.5 Å². The first-order valence-corrected chi connectivity index (χ1v) is 7.48. The maximum Gasteiger partial charge on any atom is 0.220 e. The Labute approximate surface area is 103 Å². The van der Waals surface area contributed by atoms with E-state index >= 15 is 0 Å². The normalized spacial score (nSPS) is 26.7. The van der Waals surface area contributed by atoms with Gasteiger partial charge in [0.1, 0.15) is 0 Å². The average molecular weight is 244 g/mol. The van der Waals surface area contributed by atoms with Gasteiger partial charge in [0.25, 0.3) is 0 Å². The molecule has 4 heteroatoms. The number of rotatable bonds is 6. The second-order valence-corrected chi connectivity index (χ2v) is 5.84. The number of carbonyl (C=O) groups is 1. The number of nitrogens with two attached hydrogens (primary N) is 1. The fourth-order valence-corrected chi connectivity index (χ4v) is 3.08. The zero-order valence-corrected chi connectivity index (χ0v) is 11.2. The van der Waals surface area contributed by atoms with Gasteiger partial charge in [-0.05, 0) is 38.0 Å². The summed E-state index contributed by atoms with van der Waals surface area (Å²) in [6, 6.07) is 0.399. The molecule has 1 aliphatic rings. The first-order valence-electron chi connectivity index (χ1n) is 6.19. The molecule has 3 N–H and O–H groups in total. The highest BCUT2D eigenvalue weighted by atomic mass is 32.2. The second kappa shape index (κ2) is 7.17. The topological polar surface area (TPSA) is 55.1 Å². The van der Waals surface area contributed by atoms with Gasteiger partial charge in [0.2, 0.25) is 5.91 Å². The molecule has 16 heavy (non-hydrogen) atoms. The molecule has 0 radical (unpaired) electrons. The minimum Gasteiger partial charge on any atom is -0.352 e. The van der Waals surface area contributed by atoms with Gasteiger partial charge in [-0.2, -0.15) is 11.8 Å². The molecule has 1 saturated carbocycles. The third-order valence-corrected chi connectivity index (χ3v) is 4.54. The van der Waals surface area contributed by atoms with E-state index in [0.717, 1.165) is 12.8 Å². The van der Waals surface area contributed by atoms with E-state index in [0.29, 0.717) is 30.2 Å². The molecule has 0 heterocycles. The summed E-state index contributed by atoms with van der Waals surface area (Å²) in [6.45, 7) is 2.76. The lowest BCUT2D eigenvalue weighted by molar-refractivity contribution is -0.122. The Bertz CT molecular complexity index is 223. The molecule has 1 aliphatic carbocycles. The van der Waals surface area contributed by atoms with E-state index in [1.165, 1.54) is 12.8 Å². The van der Waals surface area contributed by atoms with E-state index in [-0.39, 0.29) is 5.91 Å². The van der Waals surface area contributed by atoms with E-state index in [9.17, 15) is 4.79 Å². The highest BCUT2D eigenvalue weighted by Crippen LogP contribution is 2.28. The lowest BCUT2D eigenvalue weighted by Gasteiger charge is -2.19. The molecule has 0 spiro atoms. The van der Waals surface area contributed by atoms with Crippen molar-refractivity contribution in [1.82, 2.24) is 5.32 Å². The van der Waals surface area contributed by atoms with Crippen LogP contribution in [0.15, 0.2) is 0 Å². The summed E-state index contributed by atoms with van der Waals surface area (Å²) in [5.74, 6) is 0.650. The zero-order valence-electron chi connectivity index (χ0n) is 10.4. The second-order valence-electron chi connectivity index (χ2n) is 4.76. The molecule has 1 amide bonds. The van der Waals surface area contributed by atoms with Crippen molar-refractivity contribution in [2.24, 2.45) is 11.7 Å². The minimum absolute atomic E-state index is 0.200. The van der Waals surface area contributed by atoms with E-state index < -0.39 is 0 Å². The Balaban J connectivity index is 2.23. The van der Waals surface area contributed by atoms with Crippen LogP contribution in [0.4, 0.5) is 0 Å². The summed E-state index contributed by atoms with van der Waals surface area (Å²) in [4.78, 5) is 11.7. The van der Waals surface area contributed by atoms with E-state index in [1.807, 2.05) is 11.8 Å². The summed E-state index contributed by atoms with van der Waals surface area (Å²) in [6.07, 6.45) is 7.28. The van der Waals surface area contributed by atoms with Crippen molar-refractivity contribution in [3.63, 3.8) is 0 Å². The Morgan fingerprint density at radius 2 is 2.31 bits per heavy atom. The van der Waals surface area contributed by atoms with Crippen molar-refractivity contribution in [1.29, 1.82) is 0 Å². The van der Waals surface area contributed by atoms with Crippen molar-refractivity contribution >= 4 is 17.7 Å². The molecule has 0 aromatic heterocycles. The third-order valence-electron chi connectivity index (χ3n) is 3.37. The van der Waals surface area contributed by atoms with Crippen LogP contribution < -0.4 is 11.1 Å². The van der Waals surface area contributed by atoms with Crippen LogP contribution in [0.5, 0.6) is 0 Å². The largest absolute Gasteiger partial charge is 0.352 e. The summed E-state index contributed by atoms with van der Waals surface area (Å²) in [7, 11) is 0. The van der Waals surface area contributed by atoms with Gasteiger partial charge >= 0.3 is 0 Å². The Hall–Kier alpha value is -0.220. The van der Waals surface area contributed by atoms with Gasteiger partial charge in [-0.15, -0.1) is 0 Å². The van der Waals surface area contributed by atoms with Crippen LogP contribution in [-0.2, 0) is 4.79 Å². The van der Waals surface area contributed by atoms with Crippen molar-refractivity contribution in [3.05, 3.63) is 0 Å². The van der Waals surface area contributed by atoms with Crippen LogP contribution in [0.1, 0.15) is 39.0 Å². The van der Waals surface area contributed by atoms with Gasteiger partial charge in [-0.25, -0.2) is 0 Å². The molecule has 0 saturated heterocycles. The first-order chi connectivity index (χ1) is 7.67. The summed E-state index contributed by atoms with van der Waals surface area (Å²) in [5, 5.41) is 3.78. The summed E-state index contributed by atoms with van der Waals surface area (Å²) in [5.41, 5.74) is 5.53. The van der Waals surface area contributed by atoms with Crippen molar-refractivity contribution in [2.75, 3.05) is 12.8 Å². The number of hydrogen-bond donors (Lipinski definition) is 2. The van der Waals surface area contributed by atoms with Gasteiger partial charge in [0.15, 0.2) is 0 Å². The predicted octanol–water partition coefficient (Wildman–Crippen LogP) is 1.76. The predicted molar refractivity (Wildman–Crippen MR) is 70.5 cm³/mol. The lowest BCUT2D eigenvalue weighted by Crippen LogP contribution is -2.38. The average Bonchev–Trinajstić information content (AvgIpc) is 2.73. The van der Waals surface area contributed by atoms with E-state index in [4.69, 9.17) is 5.73 Å². The van der Waals surface area contributed by atoms with Crippen LogP contribution in [-0.4, -0.2) is 30.0 Å². The van der Waals surface area contributed by atoms with Crippen LogP contribution in [0.25, 0.3) is 0 Å². The molecule has 3 nitrogen and oxygen atoms in total. The molecule has 1 fully saturated rings. The van der Waals surface area contributed by atoms with Crippen molar-refractivity contribution in [3.8, 4) is 0 Å². The van der Waals surface area contributed by atoms with Crippen LogP contribution in [0, 0.1) is 5.92 Å². The number of carbonyl (C=O) groups excluding carboxylic acids is 1. The number of hydrogen-bond acceptors (Lipinski definition) is 3. The molecule has 0 bridgehead atoms. The molecule has 0 aromatic rings. The molecule has 0 aromatic carbocycles. The lowest BCUT2D eigenvalue weighted by atomic mass is 10.1. The Morgan fingerprint density at radius 3 is 2.94 bits per heavy atom. The molecule has 1 rings (SSSR count). The maximum atomic E-state index is 11.7. The monoisotopic (exact) mass is 244 g/mol. The zero-order chi connectivity index (χ0) is 12.0. The summed E-state index contributed by atoms with van der Waals surface area (Å²) < 4.78 is 0. The van der Waals surface area contributed by atoms with Crippen LogP contribution in [0.2, 0.25) is 0 Å². The smallest absolute Gasteiger partial charge is 0.220 e. The molecular formula is C12H24N2OS. The highest BCUT2D eigenvalue weighted by Gasteiger charge is 2.27. The molecule has 0 aliphatic heterocycles. The Morgan fingerprint density at radius 1 is 1.56 bits per heavy atom. The molecule has 3 atom stereocenters. The van der Waals surface area contributed by atoms with Gasteiger partial charge in [-0.1, -0.05) is 13.3 Å². The maximum absolute atomic E-state index is 11.7. The standard InChI is InChI=1S/C12H24N2OS/c1-9(8-13)6-7-12(15)14-10-4-3-5-11(10)16-2/h9-11H,3-8,13H2,1-2H3,(H,14,15). The van der Waals surface area contributed by atoms with Crippen LogP contribution >= 0.6 is 11.8 Å². The van der Waals surface area contributed by atoms with Gasteiger partial charge < -0.3 is 11.1 Å². The number of nitrogens with one attached hydrogen (secondary N) is 1. The molecule has 94 valence electrons. The summed E-state index contributed by atoms with van der Waals surface area (Å²) >= 11 is 1.88. The SMILES string of the molecule is CSC1CCCC1NC(=O)CCC(C)CN. The fourth-order valence-electron chi connectivity index (χ4n) is 2.15. The fraction of sp³-hybridized carbons (Fsp3) is 0.917. The minimum atomic E-state index is 0.200.